The Morgan fingerprint density at radius 3 is 2.81 bits per heavy atom. The van der Waals surface area contributed by atoms with Gasteiger partial charge in [-0.15, -0.1) is 0 Å². The summed E-state index contributed by atoms with van der Waals surface area (Å²) < 4.78 is 14.1. The van der Waals surface area contributed by atoms with Gasteiger partial charge in [0.2, 0.25) is 5.91 Å². The molecule has 1 aromatic carbocycles. The van der Waals surface area contributed by atoms with Crippen LogP contribution in [0.25, 0.3) is 10.2 Å². The van der Waals surface area contributed by atoms with E-state index in [0.29, 0.717) is 6.04 Å². The van der Waals surface area contributed by atoms with E-state index >= 15 is 0 Å². The van der Waals surface area contributed by atoms with E-state index in [1.165, 1.54) is 23.5 Å². The first-order valence-corrected chi connectivity index (χ1v) is 7.90. The molecule has 1 aliphatic rings. The minimum atomic E-state index is -0.223. The fraction of sp³-hybridized carbons (Fsp3) is 0.467. The molecular weight excluding hydrogens is 289 g/mol. The molecule has 0 aliphatic carbocycles. The summed E-state index contributed by atoms with van der Waals surface area (Å²) in [6, 6.07) is 5.01. The summed E-state index contributed by atoms with van der Waals surface area (Å²) in [5.74, 6) is -0.108. The Hall–Kier alpha value is -1.69. The van der Waals surface area contributed by atoms with Gasteiger partial charge in [0, 0.05) is 33.1 Å². The van der Waals surface area contributed by atoms with E-state index in [1.54, 1.807) is 13.0 Å². The highest BCUT2D eigenvalue weighted by Crippen LogP contribution is 2.31. The second-order valence-corrected chi connectivity index (χ2v) is 6.47. The average Bonchev–Trinajstić information content (AvgIpc) is 2.89. The van der Waals surface area contributed by atoms with Crippen molar-refractivity contribution in [2.24, 2.45) is 0 Å². The number of hydrogen-bond donors (Lipinski definition) is 0. The Kier molecular flexibility index (Phi) is 3.80. The van der Waals surface area contributed by atoms with Crippen molar-refractivity contribution in [2.75, 3.05) is 25.0 Å². The van der Waals surface area contributed by atoms with Crippen LogP contribution in [-0.4, -0.2) is 42.0 Å². The number of hydrogen-bond acceptors (Lipinski definition) is 4. The van der Waals surface area contributed by atoms with E-state index in [9.17, 15) is 9.18 Å². The SMILES string of the molecule is CC(=O)N(C)C1CCN(c2nc3ccc(F)cc3s2)CC1. The predicted octanol–water partition coefficient (Wildman–Crippen LogP) is 2.88. The molecule has 1 saturated heterocycles. The number of nitrogens with zero attached hydrogens (tertiary/aromatic N) is 3. The van der Waals surface area contributed by atoms with Crippen LogP contribution in [0.4, 0.5) is 9.52 Å². The number of carbonyl (C=O) groups excluding carboxylic acids is 1. The topological polar surface area (TPSA) is 36.4 Å². The quantitative estimate of drug-likeness (QED) is 0.856. The molecule has 3 rings (SSSR count). The number of benzene rings is 1. The van der Waals surface area contributed by atoms with Crippen molar-refractivity contribution in [2.45, 2.75) is 25.8 Å². The van der Waals surface area contributed by atoms with E-state index < -0.39 is 0 Å². The minimum Gasteiger partial charge on any atom is -0.348 e. The average molecular weight is 307 g/mol. The molecule has 0 atom stereocenters. The highest BCUT2D eigenvalue weighted by molar-refractivity contribution is 7.22. The van der Waals surface area contributed by atoms with E-state index in [2.05, 4.69) is 9.88 Å². The third kappa shape index (κ3) is 2.85. The van der Waals surface area contributed by atoms with Crippen LogP contribution < -0.4 is 4.90 Å². The number of carbonyl (C=O) groups is 1. The molecule has 1 fully saturated rings. The Labute approximate surface area is 127 Å². The maximum atomic E-state index is 13.2. The number of rotatable bonds is 2. The van der Waals surface area contributed by atoms with Crippen LogP contribution in [0, 0.1) is 5.82 Å². The summed E-state index contributed by atoms with van der Waals surface area (Å²) >= 11 is 1.53. The third-order valence-corrected chi connectivity index (χ3v) is 5.20. The van der Waals surface area contributed by atoms with E-state index in [-0.39, 0.29) is 11.7 Å². The van der Waals surface area contributed by atoms with Crippen LogP contribution in [-0.2, 0) is 4.79 Å². The van der Waals surface area contributed by atoms with Crippen LogP contribution >= 0.6 is 11.3 Å². The summed E-state index contributed by atoms with van der Waals surface area (Å²) in [5, 5.41) is 0.944. The summed E-state index contributed by atoms with van der Waals surface area (Å²) in [4.78, 5) is 20.0. The summed E-state index contributed by atoms with van der Waals surface area (Å²) in [6.45, 7) is 3.36. The molecule has 0 saturated carbocycles. The zero-order valence-corrected chi connectivity index (χ0v) is 13.0. The van der Waals surface area contributed by atoms with Crippen LogP contribution in [0.15, 0.2) is 18.2 Å². The van der Waals surface area contributed by atoms with Crippen molar-refractivity contribution >= 4 is 32.6 Å². The minimum absolute atomic E-state index is 0.115. The van der Waals surface area contributed by atoms with Crippen LogP contribution in [0.3, 0.4) is 0 Å². The number of fused-ring (bicyclic) bond motifs is 1. The Morgan fingerprint density at radius 2 is 2.14 bits per heavy atom. The van der Waals surface area contributed by atoms with Gasteiger partial charge in [0.15, 0.2) is 5.13 Å². The zero-order valence-electron chi connectivity index (χ0n) is 12.2. The molecular formula is C15H18FN3OS. The molecule has 1 amide bonds. The third-order valence-electron chi connectivity index (χ3n) is 4.12. The predicted molar refractivity (Wildman–Crippen MR) is 83.3 cm³/mol. The van der Waals surface area contributed by atoms with Gasteiger partial charge in [-0.3, -0.25) is 4.79 Å². The fourth-order valence-electron chi connectivity index (χ4n) is 2.72. The molecule has 0 radical (unpaired) electrons. The Balaban J connectivity index is 1.72. The summed E-state index contributed by atoms with van der Waals surface area (Å²) in [6.07, 6.45) is 1.89. The lowest BCUT2D eigenvalue weighted by atomic mass is 10.0. The fourth-order valence-corrected chi connectivity index (χ4v) is 3.77. The van der Waals surface area contributed by atoms with Crippen molar-refractivity contribution in [3.05, 3.63) is 24.0 Å². The largest absolute Gasteiger partial charge is 0.348 e. The second kappa shape index (κ2) is 5.60. The molecule has 112 valence electrons. The maximum Gasteiger partial charge on any atom is 0.219 e. The lowest BCUT2D eigenvalue weighted by Crippen LogP contribution is -2.45. The number of amides is 1. The lowest BCUT2D eigenvalue weighted by molar-refractivity contribution is -0.129. The normalized spacial score (nSPS) is 16.4. The van der Waals surface area contributed by atoms with Crippen molar-refractivity contribution in [3.8, 4) is 0 Å². The van der Waals surface area contributed by atoms with E-state index in [0.717, 1.165) is 41.3 Å². The highest BCUT2D eigenvalue weighted by atomic mass is 32.1. The molecule has 2 aromatic rings. The molecule has 6 heteroatoms. The molecule has 2 heterocycles. The van der Waals surface area contributed by atoms with Gasteiger partial charge < -0.3 is 9.80 Å². The number of anilines is 1. The lowest BCUT2D eigenvalue weighted by Gasteiger charge is -2.36. The van der Waals surface area contributed by atoms with Crippen LogP contribution in [0.5, 0.6) is 0 Å². The first-order chi connectivity index (χ1) is 10.0. The van der Waals surface area contributed by atoms with Gasteiger partial charge in [0.1, 0.15) is 5.82 Å². The molecule has 4 nitrogen and oxygen atoms in total. The van der Waals surface area contributed by atoms with Gasteiger partial charge >= 0.3 is 0 Å². The molecule has 1 aromatic heterocycles. The first-order valence-electron chi connectivity index (χ1n) is 7.09. The zero-order chi connectivity index (χ0) is 15.0. The molecule has 21 heavy (non-hydrogen) atoms. The molecule has 0 spiro atoms. The summed E-state index contributed by atoms with van der Waals surface area (Å²) in [5.41, 5.74) is 0.847. The van der Waals surface area contributed by atoms with Gasteiger partial charge in [0.25, 0.3) is 0 Å². The molecule has 1 aliphatic heterocycles. The monoisotopic (exact) mass is 307 g/mol. The van der Waals surface area contributed by atoms with Gasteiger partial charge in [-0.25, -0.2) is 9.37 Å². The van der Waals surface area contributed by atoms with Crippen molar-refractivity contribution in [1.82, 2.24) is 9.88 Å². The number of halogens is 1. The van der Waals surface area contributed by atoms with Crippen molar-refractivity contribution in [1.29, 1.82) is 0 Å². The number of piperidine rings is 1. The standard InChI is InChI=1S/C15H18FN3OS/c1-10(20)18(2)12-5-7-19(8-6-12)15-17-13-4-3-11(16)9-14(13)21-15/h3-4,9,12H,5-8H2,1-2H3. The van der Waals surface area contributed by atoms with E-state index in [1.807, 2.05) is 11.9 Å². The van der Waals surface area contributed by atoms with Crippen molar-refractivity contribution < 1.29 is 9.18 Å². The maximum absolute atomic E-state index is 13.2. The van der Waals surface area contributed by atoms with Crippen LogP contribution in [0.1, 0.15) is 19.8 Å². The highest BCUT2D eigenvalue weighted by Gasteiger charge is 2.25. The van der Waals surface area contributed by atoms with Crippen LogP contribution in [0.2, 0.25) is 0 Å². The van der Waals surface area contributed by atoms with Gasteiger partial charge in [-0.1, -0.05) is 11.3 Å². The Bertz CT molecular complexity index is 664. The van der Waals surface area contributed by atoms with E-state index in [4.69, 9.17) is 0 Å². The van der Waals surface area contributed by atoms with Gasteiger partial charge in [0.05, 0.1) is 10.2 Å². The molecule has 0 unspecified atom stereocenters. The first kappa shape index (κ1) is 14.3. The smallest absolute Gasteiger partial charge is 0.219 e. The second-order valence-electron chi connectivity index (χ2n) is 5.46. The Morgan fingerprint density at radius 1 is 1.43 bits per heavy atom. The molecule has 0 N–H and O–H groups in total. The van der Waals surface area contributed by atoms with Crippen molar-refractivity contribution in [3.63, 3.8) is 0 Å². The number of thiazole rings is 1. The number of aromatic nitrogens is 1. The molecule has 0 bridgehead atoms. The van der Waals surface area contributed by atoms with Gasteiger partial charge in [-0.2, -0.15) is 0 Å². The van der Waals surface area contributed by atoms with Gasteiger partial charge in [-0.05, 0) is 31.0 Å². The summed E-state index contributed by atoms with van der Waals surface area (Å²) in [7, 11) is 1.86.